The van der Waals surface area contributed by atoms with E-state index in [1.54, 1.807) is 0 Å². The molecule has 1 atom stereocenters. The van der Waals surface area contributed by atoms with Crippen molar-refractivity contribution < 1.29 is 9.32 Å². The van der Waals surface area contributed by atoms with Gasteiger partial charge in [-0.15, -0.1) is 0 Å². The fourth-order valence-corrected chi connectivity index (χ4v) is 1.55. The summed E-state index contributed by atoms with van der Waals surface area (Å²) < 4.78 is 5.07. The van der Waals surface area contributed by atoms with E-state index in [9.17, 15) is 4.79 Å². The van der Waals surface area contributed by atoms with Crippen LogP contribution in [0.1, 0.15) is 45.1 Å². The van der Waals surface area contributed by atoms with E-state index in [1.165, 1.54) is 0 Å². The molecule has 0 aromatic carbocycles. The lowest BCUT2D eigenvalue weighted by Gasteiger charge is -2.12. The number of carbonyl (C=O) groups is 1. The monoisotopic (exact) mass is 239 g/mol. The highest BCUT2D eigenvalue weighted by molar-refractivity contribution is 5.74. The first-order valence-electron chi connectivity index (χ1n) is 6.14. The molecule has 0 unspecified atom stereocenters. The second kappa shape index (κ2) is 6.93. The van der Waals surface area contributed by atoms with Crippen LogP contribution in [0.3, 0.4) is 0 Å². The van der Waals surface area contributed by atoms with Gasteiger partial charge in [0.1, 0.15) is 0 Å². The Morgan fingerprint density at radius 2 is 2.29 bits per heavy atom. The first-order valence-corrected chi connectivity index (χ1v) is 6.14. The number of nitrogens with one attached hydrogen (secondary N) is 2. The Morgan fingerprint density at radius 3 is 2.88 bits per heavy atom. The molecule has 0 saturated carbocycles. The van der Waals surface area contributed by atoms with Crippen LogP contribution in [0.25, 0.3) is 0 Å². The van der Waals surface area contributed by atoms with Crippen molar-refractivity contribution in [1.82, 2.24) is 15.8 Å². The van der Waals surface area contributed by atoms with Crippen LogP contribution in [-0.4, -0.2) is 17.2 Å². The number of aryl methyl sites for hydroxylation is 1. The van der Waals surface area contributed by atoms with Gasteiger partial charge in [-0.3, -0.25) is 0 Å². The van der Waals surface area contributed by atoms with Crippen molar-refractivity contribution in [3.05, 3.63) is 17.5 Å². The van der Waals surface area contributed by atoms with Crippen LogP contribution in [0.5, 0.6) is 0 Å². The normalized spacial score (nSPS) is 12.2. The van der Waals surface area contributed by atoms with E-state index >= 15 is 0 Å². The largest absolute Gasteiger partial charge is 0.359 e. The lowest BCUT2D eigenvalue weighted by Crippen LogP contribution is -2.40. The van der Waals surface area contributed by atoms with Crippen LogP contribution in [0.4, 0.5) is 4.79 Å². The SMILES string of the molecule is CCC[C@H](C)NC(=O)NCc1cc(CC)no1. The Kier molecular flexibility index (Phi) is 5.52. The minimum absolute atomic E-state index is 0.166. The molecule has 1 heterocycles. The Balaban J connectivity index is 2.27. The van der Waals surface area contributed by atoms with E-state index in [0.29, 0.717) is 12.3 Å². The van der Waals surface area contributed by atoms with Crippen LogP contribution in [-0.2, 0) is 13.0 Å². The molecular formula is C12H21N3O2. The average molecular weight is 239 g/mol. The van der Waals surface area contributed by atoms with Crippen molar-refractivity contribution in [1.29, 1.82) is 0 Å². The van der Waals surface area contributed by atoms with Crippen molar-refractivity contribution in [2.75, 3.05) is 0 Å². The van der Waals surface area contributed by atoms with Gasteiger partial charge in [-0.1, -0.05) is 25.4 Å². The van der Waals surface area contributed by atoms with Gasteiger partial charge in [-0.25, -0.2) is 4.79 Å². The maximum atomic E-state index is 11.5. The summed E-state index contributed by atoms with van der Waals surface area (Å²) in [5.41, 5.74) is 0.904. The lowest BCUT2D eigenvalue weighted by atomic mass is 10.2. The van der Waals surface area contributed by atoms with Crippen molar-refractivity contribution >= 4 is 6.03 Å². The second-order valence-corrected chi connectivity index (χ2v) is 4.15. The summed E-state index contributed by atoms with van der Waals surface area (Å²) >= 11 is 0. The van der Waals surface area contributed by atoms with E-state index in [0.717, 1.165) is 25.0 Å². The van der Waals surface area contributed by atoms with Gasteiger partial charge in [0.2, 0.25) is 0 Å². The summed E-state index contributed by atoms with van der Waals surface area (Å²) in [7, 11) is 0. The topological polar surface area (TPSA) is 67.2 Å². The minimum Gasteiger partial charge on any atom is -0.359 e. The zero-order valence-electron chi connectivity index (χ0n) is 10.7. The molecule has 0 aliphatic carbocycles. The molecule has 2 N–H and O–H groups in total. The van der Waals surface area contributed by atoms with Crippen molar-refractivity contribution in [2.45, 2.75) is 52.6 Å². The number of urea groups is 1. The molecule has 0 aliphatic rings. The molecule has 96 valence electrons. The van der Waals surface area contributed by atoms with E-state index in [2.05, 4.69) is 22.7 Å². The van der Waals surface area contributed by atoms with Gasteiger partial charge in [0.15, 0.2) is 5.76 Å². The van der Waals surface area contributed by atoms with Crippen LogP contribution < -0.4 is 10.6 Å². The van der Waals surface area contributed by atoms with E-state index < -0.39 is 0 Å². The third kappa shape index (κ3) is 4.89. The molecule has 1 aromatic rings. The molecule has 5 nitrogen and oxygen atoms in total. The minimum atomic E-state index is -0.166. The molecule has 0 fully saturated rings. The van der Waals surface area contributed by atoms with Crippen LogP contribution in [0.2, 0.25) is 0 Å². The number of aromatic nitrogens is 1. The molecule has 0 saturated heterocycles. The highest BCUT2D eigenvalue weighted by Crippen LogP contribution is 2.03. The highest BCUT2D eigenvalue weighted by atomic mass is 16.5. The predicted molar refractivity (Wildman–Crippen MR) is 65.6 cm³/mol. The third-order valence-electron chi connectivity index (χ3n) is 2.49. The zero-order chi connectivity index (χ0) is 12.7. The van der Waals surface area contributed by atoms with Crippen LogP contribution in [0.15, 0.2) is 10.6 Å². The molecular weight excluding hydrogens is 218 g/mol. The lowest BCUT2D eigenvalue weighted by molar-refractivity contribution is 0.235. The van der Waals surface area contributed by atoms with E-state index in [1.807, 2.05) is 19.9 Å². The predicted octanol–water partition coefficient (Wildman–Crippen LogP) is 2.22. The quantitative estimate of drug-likeness (QED) is 0.800. The number of rotatable bonds is 6. The third-order valence-corrected chi connectivity index (χ3v) is 2.49. The summed E-state index contributed by atoms with van der Waals surface area (Å²) in [6.07, 6.45) is 2.88. The molecule has 0 bridgehead atoms. The Labute approximate surface area is 102 Å². The van der Waals surface area contributed by atoms with Crippen molar-refractivity contribution in [3.63, 3.8) is 0 Å². The average Bonchev–Trinajstić information content (AvgIpc) is 2.74. The van der Waals surface area contributed by atoms with Gasteiger partial charge in [0, 0.05) is 12.1 Å². The standard InChI is InChI=1S/C12H21N3O2/c1-4-6-9(3)14-12(16)13-8-11-7-10(5-2)15-17-11/h7,9H,4-6,8H2,1-3H3,(H2,13,14,16)/t9-/m0/s1. The Hall–Kier alpha value is -1.52. The van der Waals surface area contributed by atoms with Crippen LogP contribution >= 0.6 is 0 Å². The molecule has 0 spiro atoms. The van der Waals surface area contributed by atoms with Gasteiger partial charge in [0.25, 0.3) is 0 Å². The van der Waals surface area contributed by atoms with E-state index in [-0.39, 0.29) is 12.1 Å². The molecule has 0 aliphatic heterocycles. The fraction of sp³-hybridized carbons (Fsp3) is 0.667. The van der Waals surface area contributed by atoms with Gasteiger partial charge in [-0.2, -0.15) is 0 Å². The highest BCUT2D eigenvalue weighted by Gasteiger charge is 2.07. The molecule has 1 rings (SSSR count). The Morgan fingerprint density at radius 1 is 1.53 bits per heavy atom. The first kappa shape index (κ1) is 13.5. The number of hydrogen-bond donors (Lipinski definition) is 2. The summed E-state index contributed by atoms with van der Waals surface area (Å²) in [6.45, 7) is 6.47. The summed E-state index contributed by atoms with van der Waals surface area (Å²) in [6, 6.07) is 1.89. The molecule has 2 amide bonds. The number of hydrogen-bond acceptors (Lipinski definition) is 3. The van der Waals surface area contributed by atoms with Gasteiger partial charge in [-0.05, 0) is 19.8 Å². The zero-order valence-corrected chi connectivity index (χ0v) is 10.7. The summed E-state index contributed by atoms with van der Waals surface area (Å²) in [5, 5.41) is 9.46. The number of amides is 2. The van der Waals surface area contributed by atoms with E-state index in [4.69, 9.17) is 4.52 Å². The summed E-state index contributed by atoms with van der Waals surface area (Å²) in [5.74, 6) is 0.681. The second-order valence-electron chi connectivity index (χ2n) is 4.15. The smallest absolute Gasteiger partial charge is 0.315 e. The fourth-order valence-electron chi connectivity index (χ4n) is 1.55. The molecule has 5 heteroatoms. The first-order chi connectivity index (χ1) is 8.15. The van der Waals surface area contributed by atoms with Gasteiger partial charge < -0.3 is 15.2 Å². The maximum absolute atomic E-state index is 11.5. The molecule has 0 radical (unpaired) electrons. The van der Waals surface area contributed by atoms with Crippen LogP contribution in [0, 0.1) is 0 Å². The van der Waals surface area contributed by atoms with Crippen molar-refractivity contribution in [2.24, 2.45) is 0 Å². The Bertz CT molecular complexity index is 349. The number of carbonyl (C=O) groups excluding carboxylic acids is 1. The van der Waals surface area contributed by atoms with Gasteiger partial charge in [0.05, 0.1) is 12.2 Å². The molecule has 1 aromatic heterocycles. The van der Waals surface area contributed by atoms with Crippen molar-refractivity contribution in [3.8, 4) is 0 Å². The molecule has 17 heavy (non-hydrogen) atoms. The summed E-state index contributed by atoms with van der Waals surface area (Å²) in [4.78, 5) is 11.5. The maximum Gasteiger partial charge on any atom is 0.315 e. The number of nitrogens with zero attached hydrogens (tertiary/aromatic N) is 1. The van der Waals surface area contributed by atoms with Gasteiger partial charge >= 0.3 is 6.03 Å².